The average molecular weight is 482 g/mol. The van der Waals surface area contributed by atoms with Crippen LogP contribution < -0.4 is 20.1 Å². The number of hydrogen-bond acceptors (Lipinski definition) is 8. The largest absolute Gasteiger partial charge is 0.497 e. The van der Waals surface area contributed by atoms with Crippen molar-refractivity contribution in [1.82, 2.24) is 5.32 Å². The molecule has 176 valence electrons. The molecular weight excluding hydrogens is 458 g/mol. The van der Waals surface area contributed by atoms with Crippen molar-refractivity contribution in [1.29, 1.82) is 5.26 Å². The fourth-order valence-electron chi connectivity index (χ4n) is 3.59. The van der Waals surface area contributed by atoms with E-state index in [1.165, 1.54) is 14.2 Å². The number of nitriles is 1. The van der Waals surface area contributed by atoms with Crippen LogP contribution in [0.3, 0.4) is 0 Å². The predicted molar refractivity (Wildman–Crippen MR) is 126 cm³/mol. The van der Waals surface area contributed by atoms with Crippen LogP contribution in [0.1, 0.15) is 11.5 Å². The number of nitrogens with zero attached hydrogens (tertiary/aromatic N) is 1. The lowest BCUT2D eigenvalue weighted by atomic mass is 9.78. The maximum Gasteiger partial charge on any atom is 0.319 e. The highest BCUT2D eigenvalue weighted by Crippen LogP contribution is 2.43. The Bertz CT molecular complexity index is 1160. The molecule has 0 radical (unpaired) electrons. The molecule has 10 heteroatoms. The summed E-state index contributed by atoms with van der Waals surface area (Å²) in [5.74, 6) is -2.95. The second-order valence-corrected chi connectivity index (χ2v) is 8.12. The zero-order chi connectivity index (χ0) is 24.7. The number of nitrogens with one attached hydrogen (secondary N) is 2. The number of amides is 2. The summed E-state index contributed by atoms with van der Waals surface area (Å²) in [4.78, 5) is 37.9. The van der Waals surface area contributed by atoms with Crippen molar-refractivity contribution < 1.29 is 28.6 Å². The summed E-state index contributed by atoms with van der Waals surface area (Å²) in [7, 11) is 4.19. The third-order valence-electron chi connectivity index (χ3n) is 5.18. The molecule has 2 N–H and O–H groups in total. The molecule has 0 saturated heterocycles. The Labute approximate surface area is 201 Å². The topological polar surface area (TPSA) is 127 Å². The van der Waals surface area contributed by atoms with Crippen molar-refractivity contribution in [3.8, 4) is 17.6 Å². The molecule has 1 heterocycles. The fourth-order valence-corrected chi connectivity index (χ4v) is 4.44. The van der Waals surface area contributed by atoms with Crippen LogP contribution in [0.2, 0.25) is 0 Å². The molecule has 2 aromatic carbocycles. The van der Waals surface area contributed by atoms with Gasteiger partial charge in [-0.15, -0.1) is 0 Å². The first kappa shape index (κ1) is 24.7. The van der Waals surface area contributed by atoms with E-state index in [9.17, 15) is 19.6 Å². The zero-order valence-electron chi connectivity index (χ0n) is 18.8. The van der Waals surface area contributed by atoms with Gasteiger partial charge in [0.05, 0.1) is 43.8 Å². The number of rotatable bonds is 8. The summed E-state index contributed by atoms with van der Waals surface area (Å²) in [5, 5.41) is 15.5. The minimum Gasteiger partial charge on any atom is -0.497 e. The van der Waals surface area contributed by atoms with E-state index in [0.29, 0.717) is 22.7 Å². The minimum absolute atomic E-state index is 0.0750. The molecule has 9 nitrogen and oxygen atoms in total. The third kappa shape index (κ3) is 5.32. The van der Waals surface area contributed by atoms with Gasteiger partial charge in [0.15, 0.2) is 0 Å². The molecule has 0 saturated carbocycles. The molecule has 0 spiro atoms. The molecule has 0 aromatic heterocycles. The molecule has 3 rings (SSSR count). The first-order chi connectivity index (χ1) is 16.4. The highest BCUT2D eigenvalue weighted by Gasteiger charge is 2.45. The van der Waals surface area contributed by atoms with E-state index in [-0.39, 0.29) is 22.3 Å². The Morgan fingerprint density at radius 3 is 2.41 bits per heavy atom. The molecule has 0 fully saturated rings. The summed E-state index contributed by atoms with van der Waals surface area (Å²) in [5.41, 5.74) is 1.21. The van der Waals surface area contributed by atoms with Crippen molar-refractivity contribution >= 4 is 35.2 Å². The number of ether oxygens (including phenoxy) is 3. The third-order valence-corrected chi connectivity index (χ3v) is 6.20. The number of esters is 1. The molecule has 2 atom stereocenters. The highest BCUT2D eigenvalue weighted by molar-refractivity contribution is 8.03. The smallest absolute Gasteiger partial charge is 0.319 e. The normalized spacial score (nSPS) is 17.3. The van der Waals surface area contributed by atoms with Crippen LogP contribution in [-0.2, 0) is 19.1 Å². The van der Waals surface area contributed by atoms with Gasteiger partial charge in [0.2, 0.25) is 11.8 Å². The van der Waals surface area contributed by atoms with Crippen molar-refractivity contribution in [2.75, 3.05) is 32.4 Å². The van der Waals surface area contributed by atoms with Crippen molar-refractivity contribution in [2.24, 2.45) is 5.92 Å². The van der Waals surface area contributed by atoms with Crippen LogP contribution in [0.4, 0.5) is 5.69 Å². The standard InChI is InChI=1S/C24H23N3O6S/c1-31-15-10-8-14(9-11-15)26-19(28)13-34-23-17(12-25)20(16-6-4-5-7-18(16)32-2)21(22(29)27-23)24(30)33-3/h4-11,20-21H,13H2,1-3H3,(H,26,28)(H,27,29)/t20-,21-/m0/s1. The second kappa shape index (κ2) is 11.2. The monoisotopic (exact) mass is 481 g/mol. The second-order valence-electron chi connectivity index (χ2n) is 7.13. The van der Waals surface area contributed by atoms with E-state index in [2.05, 4.69) is 16.7 Å². The van der Waals surface area contributed by atoms with Gasteiger partial charge in [-0.05, 0) is 30.3 Å². The highest BCUT2D eigenvalue weighted by atomic mass is 32.2. The predicted octanol–water partition coefficient (Wildman–Crippen LogP) is 2.81. The number of thioether (sulfide) groups is 1. The molecular formula is C24H23N3O6S. The Balaban J connectivity index is 1.89. The number of carbonyl (C=O) groups is 3. The van der Waals surface area contributed by atoms with Crippen LogP contribution in [0.5, 0.6) is 11.5 Å². The first-order valence-corrected chi connectivity index (χ1v) is 11.1. The van der Waals surface area contributed by atoms with Crippen LogP contribution in [-0.4, -0.2) is 44.9 Å². The Morgan fingerprint density at radius 2 is 1.79 bits per heavy atom. The number of carbonyl (C=O) groups excluding carboxylic acids is 3. The summed E-state index contributed by atoms with van der Waals surface area (Å²) in [6, 6.07) is 15.8. The quantitative estimate of drug-likeness (QED) is 0.435. The summed E-state index contributed by atoms with van der Waals surface area (Å²) < 4.78 is 15.3. The lowest BCUT2D eigenvalue weighted by Gasteiger charge is -2.31. The van der Waals surface area contributed by atoms with E-state index in [0.717, 1.165) is 11.8 Å². The number of benzene rings is 2. The van der Waals surface area contributed by atoms with E-state index in [1.807, 2.05) is 0 Å². The summed E-state index contributed by atoms with van der Waals surface area (Å²) in [6.07, 6.45) is 0. The van der Waals surface area contributed by atoms with Gasteiger partial charge in [-0.25, -0.2) is 0 Å². The molecule has 2 aromatic rings. The summed E-state index contributed by atoms with van der Waals surface area (Å²) >= 11 is 0.998. The van der Waals surface area contributed by atoms with Crippen LogP contribution in [0.15, 0.2) is 59.1 Å². The maximum absolute atomic E-state index is 12.9. The molecule has 0 bridgehead atoms. The Kier molecular flexibility index (Phi) is 8.16. The van der Waals surface area contributed by atoms with Crippen molar-refractivity contribution in [3.05, 3.63) is 64.7 Å². The lowest BCUT2D eigenvalue weighted by Crippen LogP contribution is -2.44. The van der Waals surface area contributed by atoms with Gasteiger partial charge in [-0.3, -0.25) is 14.4 Å². The van der Waals surface area contributed by atoms with Crippen molar-refractivity contribution in [2.45, 2.75) is 5.92 Å². The lowest BCUT2D eigenvalue weighted by molar-refractivity contribution is -0.150. The molecule has 1 aliphatic rings. The molecule has 34 heavy (non-hydrogen) atoms. The number of methoxy groups -OCH3 is 3. The number of para-hydroxylation sites is 1. The maximum atomic E-state index is 12.9. The van der Waals surface area contributed by atoms with E-state index >= 15 is 0 Å². The molecule has 0 unspecified atom stereocenters. The van der Waals surface area contributed by atoms with Crippen LogP contribution in [0.25, 0.3) is 0 Å². The van der Waals surface area contributed by atoms with Crippen LogP contribution >= 0.6 is 11.8 Å². The first-order valence-electron chi connectivity index (χ1n) is 10.2. The number of allylic oxidation sites excluding steroid dienone is 1. The van der Waals surface area contributed by atoms with Gasteiger partial charge < -0.3 is 24.8 Å². The zero-order valence-corrected chi connectivity index (χ0v) is 19.6. The van der Waals surface area contributed by atoms with E-state index in [1.54, 1.807) is 55.6 Å². The number of hydrogen-bond donors (Lipinski definition) is 2. The van der Waals surface area contributed by atoms with Gasteiger partial charge in [-0.2, -0.15) is 5.26 Å². The number of anilines is 1. The van der Waals surface area contributed by atoms with Gasteiger partial charge in [0.25, 0.3) is 0 Å². The van der Waals surface area contributed by atoms with E-state index < -0.39 is 23.7 Å². The average Bonchev–Trinajstić information content (AvgIpc) is 2.86. The van der Waals surface area contributed by atoms with Gasteiger partial charge >= 0.3 is 5.97 Å². The molecule has 2 amide bonds. The van der Waals surface area contributed by atoms with Crippen LogP contribution in [0, 0.1) is 17.2 Å². The molecule has 0 aliphatic carbocycles. The molecule has 1 aliphatic heterocycles. The Morgan fingerprint density at radius 1 is 1.09 bits per heavy atom. The van der Waals surface area contributed by atoms with Gasteiger partial charge in [0.1, 0.15) is 17.4 Å². The summed E-state index contributed by atoms with van der Waals surface area (Å²) in [6.45, 7) is 0. The fraction of sp³-hybridized carbons (Fsp3) is 0.250. The van der Waals surface area contributed by atoms with Crippen molar-refractivity contribution in [3.63, 3.8) is 0 Å². The SMILES string of the molecule is COC(=O)[C@@H]1C(=O)NC(SCC(=O)Nc2ccc(OC)cc2)=C(C#N)[C@@H]1c1ccccc1OC. The van der Waals surface area contributed by atoms with E-state index in [4.69, 9.17) is 14.2 Å². The minimum atomic E-state index is -1.28. The van der Waals surface area contributed by atoms with Gasteiger partial charge in [-0.1, -0.05) is 30.0 Å². The Hall–Kier alpha value is -3.97. The van der Waals surface area contributed by atoms with Gasteiger partial charge in [0, 0.05) is 17.2 Å².